The lowest BCUT2D eigenvalue weighted by molar-refractivity contribution is -0.0327. The van der Waals surface area contributed by atoms with Crippen molar-refractivity contribution in [2.45, 2.75) is 18.9 Å². The highest BCUT2D eigenvalue weighted by Crippen LogP contribution is 2.11. The van der Waals surface area contributed by atoms with Gasteiger partial charge in [-0.2, -0.15) is 0 Å². The van der Waals surface area contributed by atoms with Gasteiger partial charge in [-0.3, -0.25) is 0 Å². The van der Waals surface area contributed by atoms with Crippen LogP contribution in [0.4, 0.5) is 0 Å². The number of nitrogens with zero attached hydrogens (tertiary/aromatic N) is 2. The number of likely N-dealkylation sites (N-methyl/N-ethyl adjacent to an activating group) is 1. The Hall–Kier alpha value is -0.120. The molecule has 3 nitrogen and oxygen atoms in total. The van der Waals surface area contributed by atoms with Crippen LogP contribution in [-0.2, 0) is 4.74 Å². The first-order valence-electron chi connectivity index (χ1n) is 5.37. The number of ether oxygens (including phenoxy) is 1. The third kappa shape index (κ3) is 2.66. The summed E-state index contributed by atoms with van der Waals surface area (Å²) in [5, 5.41) is 0. The largest absolute Gasteiger partial charge is 0.374 e. The lowest BCUT2D eigenvalue weighted by Gasteiger charge is -2.32. The Labute approximate surface area is 80.6 Å². The number of morpholine rings is 1. The minimum Gasteiger partial charge on any atom is -0.374 e. The standard InChI is InChI=1S/C10H20N2O/c1-11-6-7-13-10(8-11)9-12-4-2-3-5-12/h10H,2-9H2,1H3. The van der Waals surface area contributed by atoms with Gasteiger partial charge in [0, 0.05) is 19.6 Å². The van der Waals surface area contributed by atoms with Crippen LogP contribution in [0.5, 0.6) is 0 Å². The molecule has 3 heteroatoms. The Balaban J connectivity index is 1.73. The summed E-state index contributed by atoms with van der Waals surface area (Å²) in [6.45, 7) is 6.82. The smallest absolute Gasteiger partial charge is 0.0829 e. The quantitative estimate of drug-likeness (QED) is 0.618. The van der Waals surface area contributed by atoms with Gasteiger partial charge in [0.25, 0.3) is 0 Å². The van der Waals surface area contributed by atoms with E-state index in [1.807, 2.05) is 0 Å². The van der Waals surface area contributed by atoms with Crippen LogP contribution in [0.15, 0.2) is 0 Å². The molecular weight excluding hydrogens is 164 g/mol. The third-order valence-corrected chi connectivity index (χ3v) is 3.00. The molecule has 2 aliphatic rings. The van der Waals surface area contributed by atoms with Crippen LogP contribution in [-0.4, -0.2) is 62.3 Å². The van der Waals surface area contributed by atoms with E-state index in [1.165, 1.54) is 25.9 Å². The van der Waals surface area contributed by atoms with Crippen LogP contribution in [0.1, 0.15) is 12.8 Å². The van der Waals surface area contributed by atoms with E-state index < -0.39 is 0 Å². The SMILES string of the molecule is CN1CCOC(CN2CCCC2)C1. The summed E-state index contributed by atoms with van der Waals surface area (Å²) >= 11 is 0. The molecule has 0 aromatic rings. The number of rotatable bonds is 2. The second-order valence-electron chi connectivity index (χ2n) is 4.26. The maximum Gasteiger partial charge on any atom is 0.0829 e. The molecule has 0 radical (unpaired) electrons. The second-order valence-corrected chi connectivity index (χ2v) is 4.26. The van der Waals surface area contributed by atoms with Crippen molar-refractivity contribution in [1.82, 2.24) is 9.80 Å². The van der Waals surface area contributed by atoms with Gasteiger partial charge in [0.15, 0.2) is 0 Å². The average Bonchev–Trinajstić information content (AvgIpc) is 2.57. The normalized spacial score (nSPS) is 32.5. The van der Waals surface area contributed by atoms with Gasteiger partial charge < -0.3 is 14.5 Å². The molecule has 0 bridgehead atoms. The molecule has 1 atom stereocenters. The highest BCUT2D eigenvalue weighted by Gasteiger charge is 2.21. The van der Waals surface area contributed by atoms with Crippen molar-refractivity contribution >= 4 is 0 Å². The van der Waals surface area contributed by atoms with Crippen molar-refractivity contribution in [2.75, 3.05) is 46.4 Å². The monoisotopic (exact) mass is 184 g/mol. The summed E-state index contributed by atoms with van der Waals surface area (Å²) in [5.74, 6) is 0. The van der Waals surface area contributed by atoms with Gasteiger partial charge in [0.05, 0.1) is 12.7 Å². The zero-order valence-electron chi connectivity index (χ0n) is 8.54. The summed E-state index contributed by atoms with van der Waals surface area (Å²) in [5.41, 5.74) is 0. The molecule has 1 unspecified atom stereocenters. The maximum absolute atomic E-state index is 5.73. The van der Waals surface area contributed by atoms with Crippen molar-refractivity contribution in [3.8, 4) is 0 Å². The van der Waals surface area contributed by atoms with Gasteiger partial charge in [0.1, 0.15) is 0 Å². The zero-order chi connectivity index (χ0) is 9.10. The van der Waals surface area contributed by atoms with Gasteiger partial charge in [-0.05, 0) is 33.0 Å². The predicted octanol–water partition coefficient (Wildman–Crippen LogP) is 0.413. The molecule has 2 saturated heterocycles. The fraction of sp³-hybridized carbons (Fsp3) is 1.00. The summed E-state index contributed by atoms with van der Waals surface area (Å²) in [7, 11) is 2.18. The highest BCUT2D eigenvalue weighted by atomic mass is 16.5. The van der Waals surface area contributed by atoms with Crippen molar-refractivity contribution in [1.29, 1.82) is 0 Å². The molecule has 0 spiro atoms. The summed E-state index contributed by atoms with van der Waals surface area (Å²) in [6.07, 6.45) is 3.21. The van der Waals surface area contributed by atoms with E-state index in [2.05, 4.69) is 16.8 Å². The molecule has 0 aromatic heterocycles. The molecule has 2 aliphatic heterocycles. The molecule has 2 rings (SSSR count). The Kier molecular flexibility index (Phi) is 3.19. The van der Waals surface area contributed by atoms with Crippen molar-refractivity contribution in [2.24, 2.45) is 0 Å². The Bertz CT molecular complexity index is 157. The zero-order valence-corrected chi connectivity index (χ0v) is 8.54. The predicted molar refractivity (Wildman–Crippen MR) is 52.9 cm³/mol. The van der Waals surface area contributed by atoms with Crippen LogP contribution in [0.25, 0.3) is 0 Å². The fourth-order valence-corrected chi connectivity index (χ4v) is 2.23. The van der Waals surface area contributed by atoms with Crippen LogP contribution < -0.4 is 0 Å². The first-order chi connectivity index (χ1) is 6.34. The van der Waals surface area contributed by atoms with E-state index in [4.69, 9.17) is 4.74 Å². The fourth-order valence-electron chi connectivity index (χ4n) is 2.23. The summed E-state index contributed by atoms with van der Waals surface area (Å²) < 4.78 is 5.73. The average molecular weight is 184 g/mol. The molecule has 2 heterocycles. The molecule has 0 aromatic carbocycles. The van der Waals surface area contributed by atoms with E-state index in [0.717, 1.165) is 26.2 Å². The van der Waals surface area contributed by atoms with Crippen molar-refractivity contribution in [3.63, 3.8) is 0 Å². The Morgan fingerprint density at radius 1 is 1.23 bits per heavy atom. The minimum atomic E-state index is 0.455. The Morgan fingerprint density at radius 2 is 2.00 bits per heavy atom. The topological polar surface area (TPSA) is 15.7 Å². The van der Waals surface area contributed by atoms with Crippen LogP contribution >= 0.6 is 0 Å². The van der Waals surface area contributed by atoms with Gasteiger partial charge in [-0.1, -0.05) is 0 Å². The van der Waals surface area contributed by atoms with Crippen LogP contribution in [0.2, 0.25) is 0 Å². The lowest BCUT2D eigenvalue weighted by atomic mass is 10.2. The molecule has 0 amide bonds. The summed E-state index contributed by atoms with van der Waals surface area (Å²) in [4.78, 5) is 4.90. The molecule has 0 aliphatic carbocycles. The number of likely N-dealkylation sites (tertiary alicyclic amines) is 1. The molecular formula is C10H20N2O. The van der Waals surface area contributed by atoms with Crippen molar-refractivity contribution in [3.05, 3.63) is 0 Å². The lowest BCUT2D eigenvalue weighted by Crippen LogP contribution is -2.45. The van der Waals surface area contributed by atoms with E-state index in [-0.39, 0.29) is 0 Å². The molecule has 76 valence electrons. The first kappa shape index (κ1) is 9.44. The Morgan fingerprint density at radius 3 is 2.69 bits per heavy atom. The molecule has 13 heavy (non-hydrogen) atoms. The van der Waals surface area contributed by atoms with Gasteiger partial charge in [-0.25, -0.2) is 0 Å². The molecule has 2 fully saturated rings. The summed E-state index contributed by atoms with van der Waals surface area (Å²) in [6, 6.07) is 0. The molecule has 0 N–H and O–H groups in total. The van der Waals surface area contributed by atoms with E-state index >= 15 is 0 Å². The third-order valence-electron chi connectivity index (χ3n) is 3.00. The van der Waals surface area contributed by atoms with Crippen molar-refractivity contribution < 1.29 is 4.74 Å². The van der Waals surface area contributed by atoms with E-state index in [0.29, 0.717) is 6.10 Å². The maximum atomic E-state index is 5.73. The number of hydrogen-bond donors (Lipinski definition) is 0. The van der Waals surface area contributed by atoms with E-state index in [1.54, 1.807) is 0 Å². The minimum absolute atomic E-state index is 0.455. The van der Waals surface area contributed by atoms with Gasteiger partial charge in [0.2, 0.25) is 0 Å². The first-order valence-corrected chi connectivity index (χ1v) is 5.37. The second kappa shape index (κ2) is 4.40. The van der Waals surface area contributed by atoms with Crippen LogP contribution in [0, 0.1) is 0 Å². The van der Waals surface area contributed by atoms with E-state index in [9.17, 15) is 0 Å². The van der Waals surface area contributed by atoms with Gasteiger partial charge in [-0.15, -0.1) is 0 Å². The molecule has 0 saturated carbocycles. The number of hydrogen-bond acceptors (Lipinski definition) is 3. The van der Waals surface area contributed by atoms with Gasteiger partial charge >= 0.3 is 0 Å². The van der Waals surface area contributed by atoms with Crippen LogP contribution in [0.3, 0.4) is 0 Å². The highest BCUT2D eigenvalue weighted by molar-refractivity contribution is 4.75.